The molecule has 15 heteroatoms. The van der Waals surface area contributed by atoms with Crippen molar-refractivity contribution in [2.45, 2.75) is 12.4 Å². The van der Waals surface area contributed by atoms with Crippen molar-refractivity contribution in [2.24, 2.45) is 10.2 Å². The number of halogens is 8. The van der Waals surface area contributed by atoms with Crippen LogP contribution in [0, 0.1) is 0 Å². The third kappa shape index (κ3) is 8.15. The number of nitrogens with zero attached hydrogens (tertiary/aromatic N) is 4. The minimum atomic E-state index is -5.12. The Morgan fingerprint density at radius 2 is 1.17 bits per heavy atom. The van der Waals surface area contributed by atoms with E-state index >= 15 is 0 Å². The van der Waals surface area contributed by atoms with Gasteiger partial charge in [0, 0.05) is 28.2 Å². The van der Waals surface area contributed by atoms with Crippen LogP contribution < -0.4 is 0 Å². The summed E-state index contributed by atoms with van der Waals surface area (Å²) in [5, 5.41) is 7.44. The van der Waals surface area contributed by atoms with Gasteiger partial charge >= 0.3 is 32.0 Å². The van der Waals surface area contributed by atoms with Gasteiger partial charge in [0.25, 0.3) is 0 Å². The van der Waals surface area contributed by atoms with Crippen LogP contribution in [0.5, 0.6) is 0 Å². The zero-order chi connectivity index (χ0) is 19.3. The first-order valence-electron chi connectivity index (χ1n) is 5.90. The number of hydrazone groups is 2. The molecule has 0 aromatic rings. The Hall–Kier alpha value is -1.08. The normalized spacial score (nSPS) is 14.5. The average Bonchev–Trinajstić information content (AvgIpc) is 2.34. The fourth-order valence-electron chi connectivity index (χ4n) is 0.997. The van der Waals surface area contributed by atoms with Crippen molar-refractivity contribution in [3.63, 3.8) is 0 Å². The van der Waals surface area contributed by atoms with Crippen LogP contribution in [0.15, 0.2) is 10.2 Å². The smallest absolute Gasteiger partial charge is 0.481 e. The number of hydrogen-bond donors (Lipinski definition) is 0. The minimum Gasteiger partial charge on any atom is -0.481 e. The lowest BCUT2D eigenvalue weighted by Crippen LogP contribution is -2.49. The van der Waals surface area contributed by atoms with Crippen LogP contribution in [0.25, 0.3) is 0 Å². The Balaban J connectivity index is 5.68. The molecule has 6 nitrogen and oxygen atoms in total. The first kappa shape index (κ1) is 22.9. The third-order valence-electron chi connectivity index (χ3n) is 1.72. The third-order valence-corrected chi connectivity index (χ3v) is 5.37. The van der Waals surface area contributed by atoms with Gasteiger partial charge in [-0.2, -0.15) is 26.3 Å². The summed E-state index contributed by atoms with van der Waals surface area (Å²) in [5.74, 6) is -3.78. The molecule has 0 atom stereocenters. The second-order valence-electron chi connectivity index (χ2n) is 4.50. The average molecular weight is 423 g/mol. The number of rotatable bonds is 5. The molecule has 0 aromatic carbocycles. The Labute approximate surface area is 144 Å². The topological polar surface area (TPSA) is 49.7 Å². The molecule has 0 aromatic heterocycles. The zero-order valence-electron chi connectivity index (χ0n) is 12.8. The van der Waals surface area contributed by atoms with Crippen LogP contribution in [0.3, 0.4) is 0 Å². The van der Waals surface area contributed by atoms with E-state index in [0.29, 0.717) is 0 Å². The summed E-state index contributed by atoms with van der Waals surface area (Å²) in [5.41, 5.74) is -0.959. The molecule has 142 valence electrons. The molecule has 0 fully saturated rings. The van der Waals surface area contributed by atoms with E-state index in [0.717, 1.165) is 38.2 Å². The molecule has 0 heterocycles. The number of hydrogen-bond acceptors (Lipinski definition) is 6. The summed E-state index contributed by atoms with van der Waals surface area (Å²) >= 11 is 11.0. The second-order valence-corrected chi connectivity index (χ2v) is 9.02. The zero-order valence-corrected chi connectivity index (χ0v) is 15.3. The van der Waals surface area contributed by atoms with Crippen LogP contribution in [0.1, 0.15) is 0 Å². The number of alkyl halides is 7. The standard InChI is InChI=1S/C9H14Cl2F6N4O2Si/c1-20(2)18-6(8(12,13)14)22-24(11,5-10)23-7(9(15,16)17)19-21(3)4/h5H2,1-4H3/b18-6-,19-7-. The van der Waals surface area contributed by atoms with E-state index in [4.69, 9.17) is 22.7 Å². The van der Waals surface area contributed by atoms with Crippen molar-refractivity contribution in [3.05, 3.63) is 0 Å². The summed E-state index contributed by atoms with van der Waals surface area (Å²) in [6.07, 6.45) is -10.2. The largest absolute Gasteiger partial charge is 0.586 e. The van der Waals surface area contributed by atoms with Crippen molar-refractivity contribution >= 4 is 42.3 Å². The van der Waals surface area contributed by atoms with Crippen molar-refractivity contribution in [3.8, 4) is 0 Å². The van der Waals surface area contributed by atoms with Crippen molar-refractivity contribution in [1.29, 1.82) is 0 Å². The van der Waals surface area contributed by atoms with E-state index in [1.54, 1.807) is 0 Å². The van der Waals surface area contributed by atoms with Crippen LogP contribution in [-0.2, 0) is 8.85 Å². The van der Waals surface area contributed by atoms with Crippen LogP contribution in [-0.4, -0.2) is 75.7 Å². The van der Waals surface area contributed by atoms with Crippen LogP contribution in [0.2, 0.25) is 0 Å². The highest BCUT2D eigenvalue weighted by Crippen LogP contribution is 2.28. The molecule has 0 spiro atoms. The predicted octanol–water partition coefficient (Wildman–Crippen LogP) is 2.85. The molecule has 0 saturated heterocycles. The van der Waals surface area contributed by atoms with Gasteiger partial charge in [-0.1, -0.05) is 11.1 Å². The lowest BCUT2D eigenvalue weighted by Gasteiger charge is -2.27. The molecular formula is C9H14Cl2F6N4O2Si. The molecule has 0 aliphatic heterocycles. The molecular weight excluding hydrogens is 409 g/mol. The molecule has 0 radical (unpaired) electrons. The second kappa shape index (κ2) is 8.34. The summed E-state index contributed by atoms with van der Waals surface area (Å²) in [6, 6.07) is 0. The first-order valence-corrected chi connectivity index (χ1v) is 9.47. The lowest BCUT2D eigenvalue weighted by molar-refractivity contribution is -0.0776. The molecule has 0 saturated carbocycles. The maximum atomic E-state index is 12.9. The van der Waals surface area contributed by atoms with Gasteiger partial charge in [0.15, 0.2) is 0 Å². The molecule has 0 N–H and O–H groups in total. The van der Waals surface area contributed by atoms with E-state index in [9.17, 15) is 26.3 Å². The summed E-state index contributed by atoms with van der Waals surface area (Å²) in [4.78, 5) is 0. The van der Waals surface area contributed by atoms with E-state index in [-0.39, 0.29) is 0 Å². The van der Waals surface area contributed by atoms with E-state index in [1.165, 1.54) is 0 Å². The summed E-state index contributed by atoms with van der Waals surface area (Å²) in [6.45, 7) is 0. The molecule has 0 unspecified atom stereocenters. The maximum Gasteiger partial charge on any atom is 0.586 e. The van der Waals surface area contributed by atoms with Gasteiger partial charge in [-0.15, -0.1) is 21.8 Å². The molecule has 0 aliphatic carbocycles. The van der Waals surface area contributed by atoms with Gasteiger partial charge in [0.1, 0.15) is 5.50 Å². The van der Waals surface area contributed by atoms with Gasteiger partial charge in [-0.25, -0.2) is 0 Å². The minimum absolute atomic E-state index is 0.724. The Kier molecular flexibility index (Phi) is 7.96. The molecule has 0 amide bonds. The molecule has 24 heavy (non-hydrogen) atoms. The van der Waals surface area contributed by atoms with E-state index in [1.807, 2.05) is 0 Å². The van der Waals surface area contributed by atoms with E-state index in [2.05, 4.69) is 19.1 Å². The highest BCUT2D eigenvalue weighted by molar-refractivity contribution is 7.16. The fourth-order valence-corrected chi connectivity index (χ4v) is 2.80. The predicted molar refractivity (Wildman–Crippen MR) is 78.9 cm³/mol. The van der Waals surface area contributed by atoms with Gasteiger partial charge in [0.05, 0.1) is 0 Å². The Morgan fingerprint density at radius 3 is 1.33 bits per heavy atom. The highest BCUT2D eigenvalue weighted by Gasteiger charge is 2.53. The SMILES string of the molecule is CN(C)/N=C(\O[Si](Cl)(CCl)O/C(=N\N(C)C)C(F)(F)F)C(F)(F)F. The maximum absolute atomic E-state index is 12.9. The first-order chi connectivity index (χ1) is 10.6. The highest BCUT2D eigenvalue weighted by atomic mass is 35.6. The van der Waals surface area contributed by atoms with E-state index < -0.39 is 37.5 Å². The Bertz CT molecular complexity index is 446. The summed E-state index contributed by atoms with van der Waals surface area (Å²) in [7, 11) is -0.154. The summed E-state index contributed by atoms with van der Waals surface area (Å²) < 4.78 is 85.9. The Morgan fingerprint density at radius 1 is 0.875 bits per heavy atom. The lowest BCUT2D eigenvalue weighted by atomic mass is 10.6. The van der Waals surface area contributed by atoms with Gasteiger partial charge in [-0.3, -0.25) is 10.0 Å². The van der Waals surface area contributed by atoms with Gasteiger partial charge in [-0.05, 0) is 0 Å². The van der Waals surface area contributed by atoms with Crippen molar-refractivity contribution < 1.29 is 35.2 Å². The van der Waals surface area contributed by atoms with Crippen LogP contribution in [0.4, 0.5) is 26.3 Å². The monoisotopic (exact) mass is 422 g/mol. The van der Waals surface area contributed by atoms with Gasteiger partial charge in [0.2, 0.25) is 0 Å². The quantitative estimate of drug-likeness (QED) is 0.130. The fraction of sp³-hybridized carbons (Fsp3) is 0.778. The van der Waals surface area contributed by atoms with Crippen molar-refractivity contribution in [2.75, 3.05) is 33.7 Å². The van der Waals surface area contributed by atoms with Gasteiger partial charge < -0.3 is 8.85 Å². The molecule has 0 bridgehead atoms. The van der Waals surface area contributed by atoms with Crippen LogP contribution >= 0.6 is 22.7 Å². The molecule has 0 rings (SSSR count). The molecule has 0 aliphatic rings. The van der Waals surface area contributed by atoms with Crippen molar-refractivity contribution in [1.82, 2.24) is 10.0 Å².